The molecule has 0 saturated heterocycles. The molecule has 0 bridgehead atoms. The SMILES string of the molecule is COCc1nc2ccc(C#CC(C)O)cc2n1-c1ncnc(N)n1.c1cscn1. The van der Waals surface area contributed by atoms with Crippen LogP contribution in [0, 0.1) is 11.8 Å². The van der Waals surface area contributed by atoms with Gasteiger partial charge in [0.15, 0.2) is 0 Å². The predicted molar refractivity (Wildman–Crippen MR) is 110 cm³/mol. The summed E-state index contributed by atoms with van der Waals surface area (Å²) >= 11 is 1.60. The monoisotopic (exact) mass is 409 g/mol. The molecule has 3 N–H and O–H groups in total. The molecule has 1 aromatic carbocycles. The summed E-state index contributed by atoms with van der Waals surface area (Å²) in [6, 6.07) is 5.55. The Kier molecular flexibility index (Phi) is 6.80. The summed E-state index contributed by atoms with van der Waals surface area (Å²) in [6.07, 6.45) is 2.42. The fourth-order valence-corrected chi connectivity index (χ4v) is 2.77. The van der Waals surface area contributed by atoms with Crippen molar-refractivity contribution in [3.05, 3.63) is 53.0 Å². The van der Waals surface area contributed by atoms with Crippen LogP contribution in [0.15, 0.2) is 41.6 Å². The Balaban J connectivity index is 0.000000419. The zero-order valence-corrected chi connectivity index (χ0v) is 16.7. The fraction of sp³-hybridized carbons (Fsp3) is 0.211. The van der Waals surface area contributed by atoms with Crippen molar-refractivity contribution < 1.29 is 9.84 Å². The Hall–Kier alpha value is -3.39. The lowest BCUT2D eigenvalue weighted by Crippen LogP contribution is -2.09. The molecule has 4 rings (SSSR count). The summed E-state index contributed by atoms with van der Waals surface area (Å²) in [4.78, 5) is 20.4. The summed E-state index contributed by atoms with van der Waals surface area (Å²) < 4.78 is 6.97. The first-order valence-electron chi connectivity index (χ1n) is 8.55. The number of hydrogen-bond acceptors (Lipinski definition) is 9. The minimum absolute atomic E-state index is 0.121. The van der Waals surface area contributed by atoms with E-state index in [-0.39, 0.29) is 12.6 Å². The topological polar surface area (TPSA) is 125 Å². The third-order valence-electron chi connectivity index (χ3n) is 3.55. The highest BCUT2D eigenvalue weighted by Gasteiger charge is 2.15. The Morgan fingerprint density at radius 3 is 2.79 bits per heavy atom. The quantitative estimate of drug-likeness (QED) is 0.491. The Labute approximate surface area is 171 Å². The number of benzene rings is 1. The average Bonchev–Trinajstić information content (AvgIpc) is 3.38. The number of thiazole rings is 1. The van der Waals surface area contributed by atoms with Crippen molar-refractivity contribution in [1.29, 1.82) is 0 Å². The van der Waals surface area contributed by atoms with Crippen molar-refractivity contribution in [2.24, 2.45) is 0 Å². The number of anilines is 1. The Bertz CT molecular complexity index is 1110. The van der Waals surface area contributed by atoms with E-state index in [9.17, 15) is 5.11 Å². The zero-order chi connectivity index (χ0) is 20.6. The molecule has 0 aliphatic carbocycles. The predicted octanol–water partition coefficient (Wildman–Crippen LogP) is 1.81. The van der Waals surface area contributed by atoms with Gasteiger partial charge >= 0.3 is 0 Å². The maximum absolute atomic E-state index is 9.32. The number of imidazole rings is 1. The number of nitrogen functional groups attached to an aromatic ring is 1. The largest absolute Gasteiger partial charge is 0.381 e. The maximum atomic E-state index is 9.32. The second-order valence-corrected chi connectivity index (χ2v) is 6.52. The van der Waals surface area contributed by atoms with Gasteiger partial charge in [0.05, 0.1) is 16.5 Å². The number of fused-ring (bicyclic) bond motifs is 1. The van der Waals surface area contributed by atoms with Crippen LogP contribution in [0.1, 0.15) is 18.3 Å². The van der Waals surface area contributed by atoms with Gasteiger partial charge in [-0.3, -0.25) is 9.55 Å². The molecule has 0 fully saturated rings. The highest BCUT2D eigenvalue weighted by Crippen LogP contribution is 2.21. The fourth-order valence-electron chi connectivity index (χ4n) is 2.42. The van der Waals surface area contributed by atoms with Gasteiger partial charge in [-0.1, -0.05) is 11.8 Å². The normalized spacial score (nSPS) is 11.3. The highest BCUT2D eigenvalue weighted by atomic mass is 32.1. The molecule has 0 spiro atoms. The summed E-state index contributed by atoms with van der Waals surface area (Å²) in [5.74, 6) is 6.75. The smallest absolute Gasteiger partial charge is 0.240 e. The minimum atomic E-state index is -0.696. The number of ether oxygens (including phenoxy) is 1. The van der Waals surface area contributed by atoms with E-state index >= 15 is 0 Å². The first-order valence-corrected chi connectivity index (χ1v) is 9.49. The van der Waals surface area contributed by atoms with Crippen molar-refractivity contribution in [1.82, 2.24) is 29.5 Å². The Morgan fingerprint density at radius 1 is 1.31 bits per heavy atom. The van der Waals surface area contributed by atoms with Gasteiger partial charge in [0, 0.05) is 24.3 Å². The second-order valence-electron chi connectivity index (χ2n) is 5.76. The van der Waals surface area contributed by atoms with E-state index in [1.807, 2.05) is 23.6 Å². The van der Waals surface area contributed by atoms with Crippen LogP contribution in [-0.2, 0) is 11.3 Å². The van der Waals surface area contributed by atoms with E-state index in [1.54, 1.807) is 41.6 Å². The lowest BCUT2D eigenvalue weighted by molar-refractivity contribution is 0.176. The standard InChI is InChI=1S/C16H16N6O2.C3H3NS/c1-10(23)3-4-11-5-6-12-13(7-11)22(14(20-12)8-24-2)16-19-9-18-15(17)21-16;1-2-5-3-4-1/h5-7,9-10,23H,8H2,1-2H3,(H2,17,18,19,21);1-3H. The number of aromatic nitrogens is 6. The summed E-state index contributed by atoms with van der Waals surface area (Å²) in [5, 5.41) is 11.2. The molecule has 29 heavy (non-hydrogen) atoms. The Morgan fingerprint density at radius 2 is 2.17 bits per heavy atom. The number of aliphatic hydroxyl groups is 1. The van der Waals surface area contributed by atoms with E-state index in [1.165, 1.54) is 6.33 Å². The van der Waals surface area contributed by atoms with Gasteiger partial charge in [-0.2, -0.15) is 4.98 Å². The molecule has 1 atom stereocenters. The van der Waals surface area contributed by atoms with E-state index in [2.05, 4.69) is 36.8 Å². The van der Waals surface area contributed by atoms with Gasteiger partial charge in [-0.15, -0.1) is 11.3 Å². The van der Waals surface area contributed by atoms with Gasteiger partial charge in [0.2, 0.25) is 11.9 Å². The van der Waals surface area contributed by atoms with Crippen molar-refractivity contribution in [3.63, 3.8) is 0 Å². The number of nitrogens with two attached hydrogens (primary N) is 1. The zero-order valence-electron chi connectivity index (χ0n) is 15.9. The third-order valence-corrected chi connectivity index (χ3v) is 4.07. The van der Waals surface area contributed by atoms with Crippen molar-refractivity contribution >= 4 is 28.3 Å². The van der Waals surface area contributed by atoms with Crippen LogP contribution in [0.4, 0.5) is 5.95 Å². The number of hydrogen-bond donors (Lipinski definition) is 2. The van der Waals surface area contributed by atoms with Crippen molar-refractivity contribution in [3.8, 4) is 17.8 Å². The van der Waals surface area contributed by atoms with Crippen LogP contribution in [-0.4, -0.2) is 47.8 Å². The first kappa shape index (κ1) is 20.3. The van der Waals surface area contributed by atoms with E-state index in [0.717, 1.165) is 16.6 Å². The molecule has 0 saturated carbocycles. The average molecular weight is 409 g/mol. The van der Waals surface area contributed by atoms with Crippen LogP contribution in [0.3, 0.4) is 0 Å². The molecule has 4 aromatic rings. The molecule has 3 aromatic heterocycles. The van der Waals surface area contributed by atoms with Gasteiger partial charge in [-0.05, 0) is 25.1 Å². The number of methoxy groups -OCH3 is 1. The van der Waals surface area contributed by atoms with Crippen LogP contribution in [0.5, 0.6) is 0 Å². The molecule has 0 aliphatic rings. The molecule has 10 heteroatoms. The first-order chi connectivity index (χ1) is 14.1. The lowest BCUT2D eigenvalue weighted by Gasteiger charge is -2.06. The van der Waals surface area contributed by atoms with Crippen LogP contribution in [0.2, 0.25) is 0 Å². The van der Waals surface area contributed by atoms with Gasteiger partial charge < -0.3 is 15.6 Å². The molecule has 3 heterocycles. The summed E-state index contributed by atoms with van der Waals surface area (Å²) in [7, 11) is 1.59. The van der Waals surface area contributed by atoms with Crippen LogP contribution in [0.25, 0.3) is 17.0 Å². The molecule has 1 unspecified atom stereocenters. The lowest BCUT2D eigenvalue weighted by atomic mass is 10.2. The molecule has 0 radical (unpaired) electrons. The van der Waals surface area contributed by atoms with Crippen LogP contribution < -0.4 is 5.73 Å². The maximum Gasteiger partial charge on any atom is 0.240 e. The van der Waals surface area contributed by atoms with E-state index in [0.29, 0.717) is 11.8 Å². The van der Waals surface area contributed by atoms with Crippen LogP contribution >= 0.6 is 11.3 Å². The van der Waals surface area contributed by atoms with E-state index in [4.69, 9.17) is 10.5 Å². The minimum Gasteiger partial charge on any atom is -0.381 e. The number of nitrogens with zero attached hydrogens (tertiary/aromatic N) is 6. The molecule has 0 amide bonds. The summed E-state index contributed by atoms with van der Waals surface area (Å²) in [6.45, 7) is 1.90. The third kappa shape index (κ3) is 5.32. The molecular weight excluding hydrogens is 390 g/mol. The second kappa shape index (κ2) is 9.70. The molecular formula is C19H19N7O2S. The van der Waals surface area contributed by atoms with E-state index < -0.39 is 6.10 Å². The van der Waals surface area contributed by atoms with Crippen molar-refractivity contribution in [2.45, 2.75) is 19.6 Å². The highest BCUT2D eigenvalue weighted by molar-refractivity contribution is 7.07. The summed E-state index contributed by atoms with van der Waals surface area (Å²) in [5.41, 5.74) is 9.73. The van der Waals surface area contributed by atoms with Crippen molar-refractivity contribution in [2.75, 3.05) is 12.8 Å². The molecule has 0 aliphatic heterocycles. The number of aliphatic hydroxyl groups excluding tert-OH is 1. The van der Waals surface area contributed by atoms with Gasteiger partial charge in [0.1, 0.15) is 24.9 Å². The molecule has 148 valence electrons. The van der Waals surface area contributed by atoms with Gasteiger partial charge in [-0.25, -0.2) is 15.0 Å². The number of rotatable bonds is 3. The molecule has 9 nitrogen and oxygen atoms in total. The van der Waals surface area contributed by atoms with Gasteiger partial charge in [0.25, 0.3) is 0 Å².